The Balaban J connectivity index is 1.39. The molecule has 2 saturated carbocycles. The molecule has 0 aromatic heterocycles. The van der Waals surface area contributed by atoms with Gasteiger partial charge in [0.2, 0.25) is 5.91 Å². The van der Waals surface area contributed by atoms with Crippen molar-refractivity contribution in [2.45, 2.75) is 44.6 Å². The third kappa shape index (κ3) is 3.39. The summed E-state index contributed by atoms with van der Waals surface area (Å²) in [5, 5.41) is 5.78. The highest BCUT2D eigenvalue weighted by molar-refractivity contribution is 5.84. The molecular formula is C14H23N3O2. The van der Waals surface area contributed by atoms with Gasteiger partial charge in [0, 0.05) is 19.1 Å². The van der Waals surface area contributed by atoms with Gasteiger partial charge in [-0.1, -0.05) is 0 Å². The largest absolute Gasteiger partial charge is 0.341 e. The SMILES string of the molecule is O=C(NCC(=O)N1CCCC1)NC(C1CC1)C1CC1. The number of urea groups is 1. The smallest absolute Gasteiger partial charge is 0.315 e. The van der Waals surface area contributed by atoms with Crippen LogP contribution in [-0.2, 0) is 4.79 Å². The molecule has 1 heterocycles. The molecule has 3 rings (SSSR count). The first-order valence-corrected chi connectivity index (χ1v) is 7.56. The van der Waals surface area contributed by atoms with Crippen molar-refractivity contribution >= 4 is 11.9 Å². The Morgan fingerprint density at radius 1 is 1.05 bits per heavy atom. The molecule has 0 aromatic carbocycles. The van der Waals surface area contributed by atoms with E-state index in [0.29, 0.717) is 17.9 Å². The van der Waals surface area contributed by atoms with E-state index in [0.717, 1.165) is 25.9 Å². The topological polar surface area (TPSA) is 61.4 Å². The van der Waals surface area contributed by atoms with Gasteiger partial charge in [-0.05, 0) is 50.4 Å². The van der Waals surface area contributed by atoms with Crippen LogP contribution < -0.4 is 10.6 Å². The average Bonchev–Trinajstić information content (AvgIpc) is 3.33. The number of nitrogens with zero attached hydrogens (tertiary/aromatic N) is 1. The molecule has 3 aliphatic rings. The number of carbonyl (C=O) groups is 2. The van der Waals surface area contributed by atoms with Crippen LogP contribution in [0.2, 0.25) is 0 Å². The summed E-state index contributed by atoms with van der Waals surface area (Å²) >= 11 is 0. The molecule has 106 valence electrons. The second-order valence-corrected chi connectivity index (χ2v) is 6.12. The zero-order valence-electron chi connectivity index (χ0n) is 11.4. The van der Waals surface area contributed by atoms with Gasteiger partial charge in [-0.2, -0.15) is 0 Å². The summed E-state index contributed by atoms with van der Waals surface area (Å²) in [7, 11) is 0. The third-order valence-corrected chi connectivity index (χ3v) is 4.42. The van der Waals surface area contributed by atoms with Crippen molar-refractivity contribution in [3.05, 3.63) is 0 Å². The first-order valence-electron chi connectivity index (χ1n) is 7.56. The zero-order valence-corrected chi connectivity index (χ0v) is 11.4. The Morgan fingerprint density at radius 2 is 1.63 bits per heavy atom. The predicted molar refractivity (Wildman–Crippen MR) is 71.6 cm³/mol. The molecule has 5 heteroatoms. The van der Waals surface area contributed by atoms with E-state index in [9.17, 15) is 9.59 Å². The summed E-state index contributed by atoms with van der Waals surface area (Å²) in [6, 6.07) is 0.179. The minimum Gasteiger partial charge on any atom is -0.341 e. The van der Waals surface area contributed by atoms with Crippen LogP contribution in [0.5, 0.6) is 0 Å². The van der Waals surface area contributed by atoms with Gasteiger partial charge in [-0.3, -0.25) is 4.79 Å². The van der Waals surface area contributed by atoms with E-state index < -0.39 is 0 Å². The van der Waals surface area contributed by atoms with Gasteiger partial charge in [0.05, 0.1) is 6.54 Å². The fraction of sp³-hybridized carbons (Fsp3) is 0.857. The Labute approximate surface area is 114 Å². The van der Waals surface area contributed by atoms with Crippen LogP contribution in [0.1, 0.15) is 38.5 Å². The number of nitrogens with one attached hydrogen (secondary N) is 2. The van der Waals surface area contributed by atoms with E-state index in [1.54, 1.807) is 0 Å². The monoisotopic (exact) mass is 265 g/mol. The number of hydrogen-bond acceptors (Lipinski definition) is 2. The minimum atomic E-state index is -0.170. The van der Waals surface area contributed by atoms with Crippen molar-refractivity contribution in [2.75, 3.05) is 19.6 Å². The van der Waals surface area contributed by atoms with Crippen molar-refractivity contribution in [1.29, 1.82) is 0 Å². The lowest BCUT2D eigenvalue weighted by molar-refractivity contribution is -0.128. The molecule has 0 atom stereocenters. The molecule has 2 aliphatic carbocycles. The quantitative estimate of drug-likeness (QED) is 0.782. The first kappa shape index (κ1) is 12.8. The van der Waals surface area contributed by atoms with Gasteiger partial charge in [-0.15, -0.1) is 0 Å². The fourth-order valence-corrected chi connectivity index (χ4v) is 2.97. The second kappa shape index (κ2) is 5.39. The van der Waals surface area contributed by atoms with Crippen LogP contribution in [-0.4, -0.2) is 42.5 Å². The molecule has 1 saturated heterocycles. The van der Waals surface area contributed by atoms with Crippen molar-refractivity contribution in [3.63, 3.8) is 0 Å². The molecule has 2 N–H and O–H groups in total. The second-order valence-electron chi connectivity index (χ2n) is 6.12. The maximum absolute atomic E-state index is 11.8. The average molecular weight is 265 g/mol. The lowest BCUT2D eigenvalue weighted by Crippen LogP contribution is -2.47. The summed E-state index contributed by atoms with van der Waals surface area (Å²) in [6.07, 6.45) is 7.15. The van der Waals surface area contributed by atoms with Crippen molar-refractivity contribution in [3.8, 4) is 0 Å². The highest BCUT2D eigenvalue weighted by atomic mass is 16.2. The van der Waals surface area contributed by atoms with Gasteiger partial charge < -0.3 is 15.5 Å². The van der Waals surface area contributed by atoms with Crippen LogP contribution in [0.25, 0.3) is 0 Å². The summed E-state index contributed by atoms with van der Waals surface area (Å²) in [6.45, 7) is 1.82. The molecule has 0 aromatic rings. The van der Waals surface area contributed by atoms with E-state index >= 15 is 0 Å². The Kier molecular flexibility index (Phi) is 3.62. The fourth-order valence-electron chi connectivity index (χ4n) is 2.97. The molecule has 0 bridgehead atoms. The Hall–Kier alpha value is -1.26. The van der Waals surface area contributed by atoms with Gasteiger partial charge in [-0.25, -0.2) is 4.79 Å². The van der Waals surface area contributed by atoms with E-state index in [1.165, 1.54) is 25.7 Å². The molecular weight excluding hydrogens is 242 g/mol. The molecule has 19 heavy (non-hydrogen) atoms. The van der Waals surface area contributed by atoms with Gasteiger partial charge in [0.1, 0.15) is 0 Å². The van der Waals surface area contributed by atoms with E-state index in [1.807, 2.05) is 4.90 Å². The van der Waals surface area contributed by atoms with Crippen molar-refractivity contribution < 1.29 is 9.59 Å². The van der Waals surface area contributed by atoms with Crippen LogP contribution in [0.3, 0.4) is 0 Å². The summed E-state index contributed by atoms with van der Waals surface area (Å²) < 4.78 is 0. The number of carbonyl (C=O) groups excluding carboxylic acids is 2. The normalized spacial score (nSPS) is 22.7. The summed E-state index contributed by atoms with van der Waals surface area (Å²) in [5.74, 6) is 1.42. The molecule has 1 aliphatic heterocycles. The van der Waals surface area contributed by atoms with Crippen LogP contribution in [0, 0.1) is 11.8 Å². The highest BCUT2D eigenvalue weighted by Gasteiger charge is 2.42. The lowest BCUT2D eigenvalue weighted by Gasteiger charge is -2.19. The predicted octanol–water partition coefficient (Wildman–Crippen LogP) is 1.10. The van der Waals surface area contributed by atoms with Crippen LogP contribution in [0.4, 0.5) is 4.79 Å². The van der Waals surface area contributed by atoms with Crippen LogP contribution >= 0.6 is 0 Å². The molecule has 0 spiro atoms. The highest BCUT2D eigenvalue weighted by Crippen LogP contribution is 2.44. The number of rotatable bonds is 5. The Bertz CT molecular complexity index is 346. The van der Waals surface area contributed by atoms with Crippen LogP contribution in [0.15, 0.2) is 0 Å². The van der Waals surface area contributed by atoms with E-state index in [4.69, 9.17) is 0 Å². The number of amides is 3. The third-order valence-electron chi connectivity index (χ3n) is 4.42. The summed E-state index contributed by atoms with van der Waals surface area (Å²) in [4.78, 5) is 25.5. The number of hydrogen-bond donors (Lipinski definition) is 2. The maximum atomic E-state index is 11.8. The van der Waals surface area contributed by atoms with Gasteiger partial charge >= 0.3 is 6.03 Å². The van der Waals surface area contributed by atoms with Crippen molar-refractivity contribution in [1.82, 2.24) is 15.5 Å². The molecule has 0 unspecified atom stereocenters. The molecule has 3 fully saturated rings. The standard InChI is InChI=1S/C14H23N3O2/c18-12(17-7-1-2-8-17)9-15-14(19)16-13(10-3-4-10)11-5-6-11/h10-11,13H,1-9H2,(H2,15,16,19). The summed E-state index contributed by atoms with van der Waals surface area (Å²) in [5.41, 5.74) is 0. The van der Waals surface area contributed by atoms with Gasteiger partial charge in [0.25, 0.3) is 0 Å². The number of likely N-dealkylation sites (tertiary alicyclic amines) is 1. The lowest BCUT2D eigenvalue weighted by atomic mass is 10.1. The van der Waals surface area contributed by atoms with E-state index in [-0.39, 0.29) is 18.5 Å². The zero-order chi connectivity index (χ0) is 13.2. The molecule has 5 nitrogen and oxygen atoms in total. The molecule has 3 amide bonds. The maximum Gasteiger partial charge on any atom is 0.315 e. The van der Waals surface area contributed by atoms with E-state index in [2.05, 4.69) is 10.6 Å². The minimum absolute atomic E-state index is 0.0436. The van der Waals surface area contributed by atoms with Gasteiger partial charge in [0.15, 0.2) is 0 Å². The van der Waals surface area contributed by atoms with Crippen molar-refractivity contribution in [2.24, 2.45) is 11.8 Å². The first-order chi connectivity index (χ1) is 9.24. The Morgan fingerprint density at radius 3 is 2.16 bits per heavy atom. The molecule has 0 radical (unpaired) electrons.